The maximum absolute atomic E-state index is 13.4. The number of ether oxygens (including phenoxy) is 2. The summed E-state index contributed by atoms with van der Waals surface area (Å²) in [5, 5.41) is 3.00. The maximum atomic E-state index is 13.4. The minimum absolute atomic E-state index is 0.0114. The SMILES string of the molecule is COC(=O)C[C@H](C(=O)N1CCC[C@H]1C1=NC=C(C#CC#Cc2cnc([C@@H]3CCCN3C(C)[C@@H](NC(=O)OC)C(C)C)[nH]2)C1)C(C)C. The Morgan fingerprint density at radius 2 is 1.72 bits per heavy atom. The molecule has 1 unspecified atom stereocenters. The number of carbonyl (C=O) groups is 3. The molecule has 2 amide bonds. The van der Waals surface area contributed by atoms with Crippen LogP contribution in [0.5, 0.6) is 0 Å². The predicted octanol–water partition coefficient (Wildman–Crippen LogP) is 4.23. The van der Waals surface area contributed by atoms with Crippen molar-refractivity contribution < 1.29 is 23.9 Å². The highest BCUT2D eigenvalue weighted by molar-refractivity contribution is 5.98. The van der Waals surface area contributed by atoms with Crippen LogP contribution < -0.4 is 5.32 Å². The van der Waals surface area contributed by atoms with Crippen molar-refractivity contribution >= 4 is 23.7 Å². The number of esters is 1. The number of carbonyl (C=O) groups excluding carboxylic acids is 3. The van der Waals surface area contributed by atoms with Gasteiger partial charge < -0.3 is 24.7 Å². The molecule has 4 heterocycles. The monoisotopic (exact) mass is 632 g/mol. The number of methoxy groups -OCH3 is 2. The highest BCUT2D eigenvalue weighted by atomic mass is 16.5. The highest BCUT2D eigenvalue weighted by Crippen LogP contribution is 2.34. The Hall–Kier alpha value is -4.09. The first-order valence-corrected chi connectivity index (χ1v) is 16.3. The zero-order valence-corrected chi connectivity index (χ0v) is 28.2. The van der Waals surface area contributed by atoms with Crippen molar-refractivity contribution in [1.82, 2.24) is 25.1 Å². The Labute approximate surface area is 273 Å². The van der Waals surface area contributed by atoms with Crippen LogP contribution in [-0.2, 0) is 19.1 Å². The lowest BCUT2D eigenvalue weighted by molar-refractivity contribution is -0.148. The van der Waals surface area contributed by atoms with Crippen LogP contribution in [0.25, 0.3) is 0 Å². The Morgan fingerprint density at radius 1 is 1.00 bits per heavy atom. The van der Waals surface area contributed by atoms with Gasteiger partial charge in [0.2, 0.25) is 5.91 Å². The number of allylic oxidation sites excluding steroid dienone is 1. The number of rotatable bonds is 10. The fourth-order valence-electron chi connectivity index (χ4n) is 6.78. The van der Waals surface area contributed by atoms with Crippen molar-refractivity contribution in [2.45, 2.75) is 97.3 Å². The van der Waals surface area contributed by atoms with Crippen LogP contribution in [0.3, 0.4) is 0 Å². The van der Waals surface area contributed by atoms with Gasteiger partial charge in [-0.15, -0.1) is 0 Å². The average Bonchev–Trinajstić information content (AvgIpc) is 3.86. The third kappa shape index (κ3) is 8.38. The molecule has 1 aromatic heterocycles. The molecule has 248 valence electrons. The number of hydrogen-bond donors (Lipinski definition) is 2. The summed E-state index contributed by atoms with van der Waals surface area (Å²) >= 11 is 0. The van der Waals surface area contributed by atoms with Gasteiger partial charge in [0, 0.05) is 42.5 Å². The minimum atomic E-state index is -0.419. The topological polar surface area (TPSA) is 129 Å². The van der Waals surface area contributed by atoms with Crippen LogP contribution >= 0.6 is 0 Å². The molecule has 0 spiro atoms. The van der Waals surface area contributed by atoms with Crippen molar-refractivity contribution in [3.63, 3.8) is 0 Å². The molecule has 11 heteroatoms. The quantitative estimate of drug-likeness (QED) is 0.292. The fraction of sp³-hybridized carbons (Fsp3) is 0.629. The second kappa shape index (κ2) is 16.0. The van der Waals surface area contributed by atoms with E-state index in [-0.39, 0.29) is 54.3 Å². The average molecular weight is 633 g/mol. The number of aromatic nitrogens is 2. The molecule has 0 aliphatic carbocycles. The Bertz CT molecular complexity index is 1450. The molecular weight excluding hydrogens is 584 g/mol. The van der Waals surface area contributed by atoms with E-state index < -0.39 is 12.0 Å². The molecule has 0 radical (unpaired) electrons. The summed E-state index contributed by atoms with van der Waals surface area (Å²) in [7, 11) is 2.73. The molecule has 3 aliphatic rings. The highest BCUT2D eigenvalue weighted by Gasteiger charge is 2.39. The van der Waals surface area contributed by atoms with E-state index in [1.54, 1.807) is 12.4 Å². The van der Waals surface area contributed by atoms with Gasteiger partial charge in [0.25, 0.3) is 0 Å². The van der Waals surface area contributed by atoms with Gasteiger partial charge >= 0.3 is 12.1 Å². The van der Waals surface area contributed by atoms with E-state index >= 15 is 0 Å². The fourth-order valence-corrected chi connectivity index (χ4v) is 6.78. The molecule has 46 heavy (non-hydrogen) atoms. The number of imidazole rings is 1. The van der Waals surface area contributed by atoms with Crippen LogP contribution in [0.1, 0.15) is 90.7 Å². The second-order valence-corrected chi connectivity index (χ2v) is 13.0. The van der Waals surface area contributed by atoms with Crippen molar-refractivity contribution in [3.8, 4) is 23.7 Å². The van der Waals surface area contributed by atoms with Crippen LogP contribution in [0, 0.1) is 41.4 Å². The van der Waals surface area contributed by atoms with E-state index in [1.165, 1.54) is 14.2 Å². The standard InChI is InChI=1S/C35H48N6O5/c1-22(2)27(19-31(42)45-6)34(43)41-17-10-14-29(41)28-18-25(20-36-28)12-8-9-13-26-21-37-33(38-26)30-15-11-16-40(30)24(5)32(23(3)4)39-35(44)46-7/h20-24,27,29-30,32H,10-11,14-19H2,1-7H3,(H,37,38)(H,39,44)/t24?,27-,29-,30-,32-/m0/s1. The summed E-state index contributed by atoms with van der Waals surface area (Å²) in [6.07, 6.45) is 7.52. The van der Waals surface area contributed by atoms with Crippen molar-refractivity contribution in [2.75, 3.05) is 27.3 Å². The third-order valence-electron chi connectivity index (χ3n) is 9.33. The first-order chi connectivity index (χ1) is 22.0. The number of nitrogens with one attached hydrogen (secondary N) is 2. The van der Waals surface area contributed by atoms with E-state index in [1.807, 2.05) is 18.7 Å². The number of amides is 2. The van der Waals surface area contributed by atoms with Crippen LogP contribution in [0.4, 0.5) is 4.79 Å². The summed E-state index contributed by atoms with van der Waals surface area (Å²) in [6, 6.07) is 0.0544. The number of likely N-dealkylation sites (tertiary alicyclic amines) is 2. The number of nitrogens with zero attached hydrogens (tertiary/aromatic N) is 4. The van der Waals surface area contributed by atoms with Gasteiger partial charge in [-0.25, -0.2) is 9.78 Å². The molecule has 11 nitrogen and oxygen atoms in total. The smallest absolute Gasteiger partial charge is 0.407 e. The van der Waals surface area contributed by atoms with Gasteiger partial charge in [-0.3, -0.25) is 19.5 Å². The number of aromatic amines is 1. The molecular formula is C35H48N6O5. The van der Waals surface area contributed by atoms with Crippen LogP contribution in [0.2, 0.25) is 0 Å². The lowest BCUT2D eigenvalue weighted by atomic mass is 9.90. The van der Waals surface area contributed by atoms with Crippen LogP contribution in [0.15, 0.2) is 23.0 Å². The Morgan fingerprint density at radius 3 is 2.41 bits per heavy atom. The van der Waals surface area contributed by atoms with Crippen molar-refractivity contribution in [1.29, 1.82) is 0 Å². The van der Waals surface area contributed by atoms with Crippen molar-refractivity contribution in [3.05, 3.63) is 29.5 Å². The first kappa shape index (κ1) is 34.8. The summed E-state index contributed by atoms with van der Waals surface area (Å²) in [4.78, 5) is 54.3. The van der Waals surface area contributed by atoms with Gasteiger partial charge in [0.05, 0.1) is 44.8 Å². The zero-order chi connectivity index (χ0) is 33.4. The molecule has 0 bridgehead atoms. The molecule has 0 aromatic carbocycles. The van der Waals surface area contributed by atoms with E-state index in [9.17, 15) is 14.4 Å². The van der Waals surface area contributed by atoms with E-state index in [0.29, 0.717) is 18.7 Å². The zero-order valence-electron chi connectivity index (χ0n) is 28.2. The van der Waals surface area contributed by atoms with Gasteiger partial charge in [-0.2, -0.15) is 0 Å². The van der Waals surface area contributed by atoms with E-state index in [4.69, 9.17) is 9.47 Å². The molecule has 4 rings (SSSR count). The number of hydrogen-bond acceptors (Lipinski definition) is 8. The first-order valence-electron chi connectivity index (χ1n) is 16.3. The second-order valence-electron chi connectivity index (χ2n) is 13.0. The molecule has 0 saturated carbocycles. The molecule has 5 atom stereocenters. The summed E-state index contributed by atoms with van der Waals surface area (Å²) in [5.41, 5.74) is 2.49. The Balaban J connectivity index is 1.35. The predicted molar refractivity (Wildman–Crippen MR) is 175 cm³/mol. The van der Waals surface area contributed by atoms with Crippen molar-refractivity contribution in [2.24, 2.45) is 22.7 Å². The molecule has 3 aliphatic heterocycles. The van der Waals surface area contributed by atoms with E-state index in [0.717, 1.165) is 49.3 Å². The van der Waals surface area contributed by atoms with Crippen LogP contribution in [-0.4, -0.2) is 88.9 Å². The maximum Gasteiger partial charge on any atom is 0.407 e. The van der Waals surface area contributed by atoms with Gasteiger partial charge in [-0.05, 0) is 68.7 Å². The van der Waals surface area contributed by atoms with E-state index in [2.05, 4.69) is 69.6 Å². The summed E-state index contributed by atoms with van der Waals surface area (Å²) in [5.74, 6) is 12.4. The van der Waals surface area contributed by atoms with Gasteiger partial charge in [0.15, 0.2) is 0 Å². The molecule has 2 N–H and O–H groups in total. The number of alkyl carbamates (subject to hydrolysis) is 1. The third-order valence-corrected chi connectivity index (χ3v) is 9.33. The van der Waals surface area contributed by atoms with Gasteiger partial charge in [-0.1, -0.05) is 33.6 Å². The molecule has 2 fully saturated rings. The van der Waals surface area contributed by atoms with Gasteiger partial charge in [0.1, 0.15) is 11.5 Å². The normalized spacial score (nSPS) is 21.5. The minimum Gasteiger partial charge on any atom is -0.469 e. The lowest BCUT2D eigenvalue weighted by Crippen LogP contribution is -2.52. The Kier molecular flexibility index (Phi) is 12.1. The largest absolute Gasteiger partial charge is 0.469 e. The summed E-state index contributed by atoms with van der Waals surface area (Å²) in [6.45, 7) is 11.8. The summed E-state index contributed by atoms with van der Waals surface area (Å²) < 4.78 is 9.69. The number of aliphatic imine (C=N–C) groups is 1. The lowest BCUT2D eigenvalue weighted by Gasteiger charge is -2.37. The number of H-pyrrole nitrogens is 1. The molecule has 2 saturated heterocycles. The molecule has 1 aromatic rings.